The SMILES string of the molecule is COC(=O)C(C(C)=O)C(C)C(C(C)=O)[S@@](=O)c1ccc(C)cc1. The predicted octanol–water partition coefficient (Wildman–Crippen LogP) is 2.07. The molecule has 3 unspecified atom stereocenters. The molecule has 6 heteroatoms. The van der Waals surface area contributed by atoms with Crippen LogP contribution in [0.5, 0.6) is 0 Å². The van der Waals surface area contributed by atoms with E-state index in [1.165, 1.54) is 21.0 Å². The normalized spacial score (nSPS) is 16.0. The number of Topliss-reactive ketones (excluding diaryl/α,β-unsaturated/α-hetero) is 2. The van der Waals surface area contributed by atoms with Gasteiger partial charge in [0, 0.05) is 4.90 Å². The molecule has 0 aromatic heterocycles. The lowest BCUT2D eigenvalue weighted by atomic mass is 9.86. The number of methoxy groups -OCH3 is 1. The number of aryl methyl sites for hydroxylation is 1. The minimum Gasteiger partial charge on any atom is -0.468 e. The summed E-state index contributed by atoms with van der Waals surface area (Å²) < 4.78 is 17.5. The van der Waals surface area contributed by atoms with Gasteiger partial charge in [0.2, 0.25) is 0 Å². The van der Waals surface area contributed by atoms with Crippen molar-refractivity contribution in [2.75, 3.05) is 7.11 Å². The Kier molecular flexibility index (Phi) is 6.81. The van der Waals surface area contributed by atoms with Crippen LogP contribution in [-0.2, 0) is 29.9 Å². The Bertz CT molecular complexity index is 620. The highest BCUT2D eigenvalue weighted by molar-refractivity contribution is 7.86. The first-order chi connectivity index (χ1) is 10.7. The zero-order chi connectivity index (χ0) is 17.7. The summed E-state index contributed by atoms with van der Waals surface area (Å²) in [6, 6.07) is 6.99. The topological polar surface area (TPSA) is 77.5 Å². The van der Waals surface area contributed by atoms with Crippen LogP contribution in [0.15, 0.2) is 29.2 Å². The monoisotopic (exact) mass is 338 g/mol. The van der Waals surface area contributed by atoms with Gasteiger partial charge in [0.15, 0.2) is 0 Å². The van der Waals surface area contributed by atoms with Gasteiger partial charge in [-0.3, -0.25) is 18.6 Å². The highest BCUT2D eigenvalue weighted by atomic mass is 32.2. The van der Waals surface area contributed by atoms with Crippen LogP contribution in [0.3, 0.4) is 0 Å². The first-order valence-corrected chi connectivity index (χ1v) is 8.48. The van der Waals surface area contributed by atoms with Gasteiger partial charge in [0.1, 0.15) is 22.7 Å². The van der Waals surface area contributed by atoms with Crippen LogP contribution in [0.1, 0.15) is 26.3 Å². The molecule has 0 spiro atoms. The van der Waals surface area contributed by atoms with E-state index in [1.54, 1.807) is 31.2 Å². The molecule has 1 rings (SSSR count). The van der Waals surface area contributed by atoms with Gasteiger partial charge in [-0.25, -0.2) is 0 Å². The van der Waals surface area contributed by atoms with Crippen molar-refractivity contribution in [2.24, 2.45) is 11.8 Å². The molecule has 0 bridgehead atoms. The Hall–Kier alpha value is -1.82. The summed E-state index contributed by atoms with van der Waals surface area (Å²) in [5, 5.41) is -0.953. The van der Waals surface area contributed by atoms with Crippen molar-refractivity contribution < 1.29 is 23.3 Å². The zero-order valence-corrected chi connectivity index (χ0v) is 14.8. The highest BCUT2D eigenvalue weighted by Crippen LogP contribution is 2.26. The molecule has 0 N–H and O–H groups in total. The third-order valence-corrected chi connectivity index (χ3v) is 5.74. The quantitative estimate of drug-likeness (QED) is 0.562. The fourth-order valence-electron chi connectivity index (χ4n) is 2.59. The Morgan fingerprint density at radius 1 is 1.04 bits per heavy atom. The molecule has 1 aromatic rings. The van der Waals surface area contributed by atoms with E-state index in [9.17, 15) is 18.6 Å². The molecular weight excluding hydrogens is 316 g/mol. The fraction of sp³-hybridized carbons (Fsp3) is 0.471. The van der Waals surface area contributed by atoms with Gasteiger partial charge < -0.3 is 4.74 Å². The molecule has 126 valence electrons. The molecule has 0 saturated carbocycles. The molecule has 0 radical (unpaired) electrons. The molecule has 5 nitrogen and oxygen atoms in total. The van der Waals surface area contributed by atoms with Crippen molar-refractivity contribution in [2.45, 2.75) is 37.8 Å². The van der Waals surface area contributed by atoms with E-state index in [0.29, 0.717) is 4.90 Å². The minimum absolute atomic E-state index is 0.327. The molecule has 0 saturated heterocycles. The number of hydrogen-bond donors (Lipinski definition) is 0. The maximum absolute atomic E-state index is 12.8. The number of ether oxygens (including phenoxy) is 1. The molecule has 4 atom stereocenters. The lowest BCUT2D eigenvalue weighted by Gasteiger charge is -2.26. The van der Waals surface area contributed by atoms with Crippen LogP contribution in [0.2, 0.25) is 0 Å². The molecular formula is C17H22O5S. The molecule has 0 aliphatic heterocycles. The maximum atomic E-state index is 12.8. The summed E-state index contributed by atoms with van der Waals surface area (Å²) in [6.45, 7) is 6.08. The van der Waals surface area contributed by atoms with Gasteiger partial charge in [-0.2, -0.15) is 0 Å². The van der Waals surface area contributed by atoms with Gasteiger partial charge in [-0.05, 0) is 38.8 Å². The summed E-state index contributed by atoms with van der Waals surface area (Å²) in [5.74, 6) is -3.27. The summed E-state index contributed by atoms with van der Waals surface area (Å²) >= 11 is 0. The number of esters is 1. The highest BCUT2D eigenvalue weighted by Gasteiger charge is 2.40. The summed E-state index contributed by atoms with van der Waals surface area (Å²) in [4.78, 5) is 36.2. The summed E-state index contributed by atoms with van der Waals surface area (Å²) in [5.41, 5.74) is 1.01. The second kappa shape index (κ2) is 8.15. The molecule has 0 heterocycles. The third kappa shape index (κ3) is 4.58. The zero-order valence-electron chi connectivity index (χ0n) is 14.0. The number of hydrogen-bond acceptors (Lipinski definition) is 5. The van der Waals surface area contributed by atoms with E-state index < -0.39 is 39.6 Å². The van der Waals surface area contributed by atoms with Crippen molar-refractivity contribution in [1.29, 1.82) is 0 Å². The van der Waals surface area contributed by atoms with Crippen LogP contribution in [0.4, 0.5) is 0 Å². The predicted molar refractivity (Wildman–Crippen MR) is 87.4 cm³/mol. The lowest BCUT2D eigenvalue weighted by molar-refractivity contribution is -0.151. The molecule has 23 heavy (non-hydrogen) atoms. The van der Waals surface area contributed by atoms with Crippen molar-refractivity contribution in [3.63, 3.8) is 0 Å². The van der Waals surface area contributed by atoms with Gasteiger partial charge in [0.05, 0.1) is 17.9 Å². The Labute approximate surface area is 138 Å². The second-order valence-corrected chi connectivity index (χ2v) is 7.19. The van der Waals surface area contributed by atoms with Crippen molar-refractivity contribution in [3.8, 4) is 0 Å². The third-order valence-electron chi connectivity index (χ3n) is 3.78. The van der Waals surface area contributed by atoms with Crippen LogP contribution in [0.25, 0.3) is 0 Å². The van der Waals surface area contributed by atoms with Crippen molar-refractivity contribution in [1.82, 2.24) is 0 Å². The Morgan fingerprint density at radius 2 is 1.57 bits per heavy atom. The van der Waals surface area contributed by atoms with E-state index in [1.807, 2.05) is 6.92 Å². The molecule has 1 aromatic carbocycles. The number of rotatable bonds is 7. The maximum Gasteiger partial charge on any atom is 0.316 e. The Morgan fingerprint density at radius 3 is 1.96 bits per heavy atom. The number of carbonyl (C=O) groups is 3. The second-order valence-electron chi connectivity index (χ2n) is 5.61. The number of benzene rings is 1. The summed E-state index contributed by atoms with van der Waals surface area (Å²) in [7, 11) is -0.470. The van der Waals surface area contributed by atoms with Crippen LogP contribution >= 0.6 is 0 Å². The van der Waals surface area contributed by atoms with Gasteiger partial charge in [0.25, 0.3) is 0 Å². The van der Waals surface area contributed by atoms with E-state index in [2.05, 4.69) is 4.74 Å². The van der Waals surface area contributed by atoms with E-state index >= 15 is 0 Å². The lowest BCUT2D eigenvalue weighted by Crippen LogP contribution is -2.41. The molecule has 0 fully saturated rings. The van der Waals surface area contributed by atoms with E-state index in [-0.39, 0.29) is 5.78 Å². The Balaban J connectivity index is 3.21. The van der Waals surface area contributed by atoms with Gasteiger partial charge in [-0.15, -0.1) is 0 Å². The molecule has 0 amide bonds. The standard InChI is InChI=1S/C17H22O5S/c1-10-6-8-14(9-7-10)23(21)16(13(4)19)11(2)15(12(3)18)17(20)22-5/h6-9,11,15-16H,1-5H3/t11?,15?,16?,23-/m0/s1. The molecule has 0 aliphatic carbocycles. The van der Waals surface area contributed by atoms with Gasteiger partial charge in [-0.1, -0.05) is 24.6 Å². The number of ketones is 2. The van der Waals surface area contributed by atoms with Crippen LogP contribution < -0.4 is 0 Å². The van der Waals surface area contributed by atoms with E-state index in [4.69, 9.17) is 0 Å². The van der Waals surface area contributed by atoms with E-state index in [0.717, 1.165) is 5.56 Å². The van der Waals surface area contributed by atoms with Crippen molar-refractivity contribution >= 4 is 28.3 Å². The summed E-state index contributed by atoms with van der Waals surface area (Å²) in [6.07, 6.45) is 0. The first-order valence-electron chi connectivity index (χ1n) is 7.26. The average Bonchev–Trinajstić information content (AvgIpc) is 2.47. The van der Waals surface area contributed by atoms with Crippen LogP contribution in [0, 0.1) is 18.8 Å². The number of carbonyl (C=O) groups excluding carboxylic acids is 3. The molecule has 0 aliphatic rings. The average molecular weight is 338 g/mol. The van der Waals surface area contributed by atoms with Crippen molar-refractivity contribution in [3.05, 3.63) is 29.8 Å². The van der Waals surface area contributed by atoms with Gasteiger partial charge >= 0.3 is 5.97 Å². The smallest absolute Gasteiger partial charge is 0.316 e. The largest absolute Gasteiger partial charge is 0.468 e. The fourth-order valence-corrected chi connectivity index (χ4v) is 4.13. The van der Waals surface area contributed by atoms with Crippen LogP contribution in [-0.4, -0.2) is 34.1 Å². The minimum atomic E-state index is -1.65. The first kappa shape index (κ1) is 19.2.